The van der Waals surface area contributed by atoms with Crippen LogP contribution in [0.1, 0.15) is 31.2 Å². The molecule has 0 aliphatic carbocycles. The van der Waals surface area contributed by atoms with Gasteiger partial charge in [-0.1, -0.05) is 12.1 Å². The number of likely N-dealkylation sites (tertiary alicyclic amines) is 1. The summed E-state index contributed by atoms with van der Waals surface area (Å²) in [7, 11) is 1.78. The molecule has 0 spiro atoms. The van der Waals surface area contributed by atoms with Gasteiger partial charge in [0.1, 0.15) is 5.65 Å². The minimum Gasteiger partial charge on any atom is -0.376 e. The standard InChI is InChI=1S/C31H39N5O3/c1-21-14-36(28-13-30(37)33(2)31-27(28)6-3-11-32-31)19-26(39-21)18-34-15-24(16-34)22-7-9-25(10-8-22)35-17-23-5-4-12-38-29(23)20-35/h3,6-11,13,21,23-24,26,29H,4-5,12,14-20H2,1-2H3/t21-,23-,26+,29-/m1/s1. The second-order valence-electron chi connectivity index (χ2n) is 12.0. The number of hydrogen-bond donors (Lipinski definition) is 0. The zero-order chi connectivity index (χ0) is 26.5. The fraction of sp³-hybridized carbons (Fsp3) is 0.548. The molecule has 0 N–H and O–H groups in total. The fourth-order valence-corrected chi connectivity index (χ4v) is 7.14. The van der Waals surface area contributed by atoms with Crippen LogP contribution >= 0.6 is 0 Å². The Morgan fingerprint density at radius 2 is 1.85 bits per heavy atom. The highest BCUT2D eigenvalue weighted by molar-refractivity contribution is 5.89. The van der Waals surface area contributed by atoms with Crippen molar-refractivity contribution in [3.05, 3.63) is 64.6 Å². The Kier molecular flexibility index (Phi) is 6.57. The summed E-state index contributed by atoms with van der Waals surface area (Å²) in [4.78, 5) is 24.5. The minimum atomic E-state index is -0.0279. The number of anilines is 2. The van der Waals surface area contributed by atoms with Gasteiger partial charge >= 0.3 is 0 Å². The van der Waals surface area contributed by atoms with Crippen LogP contribution in [0.5, 0.6) is 0 Å². The second kappa shape index (κ2) is 10.2. The molecule has 3 aromatic rings. The number of benzene rings is 1. The monoisotopic (exact) mass is 529 g/mol. The number of rotatable bonds is 5. The van der Waals surface area contributed by atoms with Gasteiger partial charge in [-0.05, 0) is 49.6 Å². The van der Waals surface area contributed by atoms with E-state index in [-0.39, 0.29) is 17.8 Å². The van der Waals surface area contributed by atoms with Crippen molar-refractivity contribution in [3.63, 3.8) is 0 Å². The predicted molar refractivity (Wildman–Crippen MR) is 154 cm³/mol. The third-order valence-electron chi connectivity index (χ3n) is 9.22. The first-order chi connectivity index (χ1) is 19.0. The van der Waals surface area contributed by atoms with Crippen molar-refractivity contribution in [3.8, 4) is 0 Å². The Labute approximate surface area is 230 Å². The second-order valence-corrected chi connectivity index (χ2v) is 12.0. The van der Waals surface area contributed by atoms with E-state index in [9.17, 15) is 4.79 Å². The number of aromatic nitrogens is 2. The quantitative estimate of drug-likeness (QED) is 0.503. The SMILES string of the molecule is C[C@@H]1CN(c2cc(=O)n(C)c3ncccc23)C[C@H](CN2CC(c3ccc(N4C[C@H]5CCCO[C@@H]5C4)cc3)C2)O1. The molecule has 39 heavy (non-hydrogen) atoms. The van der Waals surface area contributed by atoms with Crippen LogP contribution in [0.25, 0.3) is 11.0 Å². The van der Waals surface area contributed by atoms with Crippen molar-refractivity contribution in [2.75, 3.05) is 62.2 Å². The summed E-state index contributed by atoms with van der Waals surface area (Å²) in [5.41, 5.74) is 4.42. The van der Waals surface area contributed by atoms with Crippen molar-refractivity contribution >= 4 is 22.4 Å². The molecule has 8 heteroatoms. The number of morpholine rings is 1. The topological polar surface area (TPSA) is 63.1 Å². The Balaban J connectivity index is 0.969. The van der Waals surface area contributed by atoms with Crippen LogP contribution < -0.4 is 15.4 Å². The first-order valence-electron chi connectivity index (χ1n) is 14.6. The van der Waals surface area contributed by atoms with Gasteiger partial charge < -0.3 is 19.3 Å². The largest absolute Gasteiger partial charge is 0.376 e. The number of fused-ring (bicyclic) bond motifs is 2. The van der Waals surface area contributed by atoms with Crippen molar-refractivity contribution < 1.29 is 9.47 Å². The van der Waals surface area contributed by atoms with E-state index in [0.717, 1.165) is 69.1 Å². The summed E-state index contributed by atoms with van der Waals surface area (Å²) >= 11 is 0. The first-order valence-corrected chi connectivity index (χ1v) is 14.6. The molecule has 4 saturated heterocycles. The van der Waals surface area contributed by atoms with Crippen LogP contribution in [0.15, 0.2) is 53.5 Å². The number of hydrogen-bond acceptors (Lipinski definition) is 7. The van der Waals surface area contributed by atoms with Gasteiger partial charge in [-0.3, -0.25) is 14.3 Å². The average Bonchev–Trinajstić information content (AvgIpc) is 3.37. The Morgan fingerprint density at radius 3 is 2.67 bits per heavy atom. The van der Waals surface area contributed by atoms with Crippen molar-refractivity contribution in [1.29, 1.82) is 0 Å². The summed E-state index contributed by atoms with van der Waals surface area (Å²) in [6.45, 7) is 9.79. The summed E-state index contributed by atoms with van der Waals surface area (Å²) in [6.07, 6.45) is 4.88. The molecular formula is C31H39N5O3. The molecule has 1 aromatic carbocycles. The lowest BCUT2D eigenvalue weighted by Crippen LogP contribution is -2.55. The fourth-order valence-electron chi connectivity index (χ4n) is 7.14. The summed E-state index contributed by atoms with van der Waals surface area (Å²) in [6, 6.07) is 15.0. The van der Waals surface area contributed by atoms with Crippen LogP contribution in [0, 0.1) is 5.92 Å². The van der Waals surface area contributed by atoms with Gasteiger partial charge in [0.15, 0.2) is 0 Å². The molecule has 4 aliphatic heterocycles. The van der Waals surface area contributed by atoms with E-state index >= 15 is 0 Å². The van der Waals surface area contributed by atoms with Gasteiger partial charge in [0.25, 0.3) is 5.56 Å². The molecule has 6 heterocycles. The molecule has 4 atom stereocenters. The molecule has 2 aromatic heterocycles. The molecule has 4 aliphatic rings. The molecule has 0 radical (unpaired) electrons. The van der Waals surface area contributed by atoms with E-state index in [4.69, 9.17) is 9.47 Å². The highest BCUT2D eigenvalue weighted by Crippen LogP contribution is 2.34. The van der Waals surface area contributed by atoms with Crippen LogP contribution in [-0.2, 0) is 16.5 Å². The lowest BCUT2D eigenvalue weighted by molar-refractivity contribution is -0.0434. The summed E-state index contributed by atoms with van der Waals surface area (Å²) in [5.74, 6) is 1.27. The molecule has 0 unspecified atom stereocenters. The lowest BCUT2D eigenvalue weighted by Gasteiger charge is -2.45. The lowest BCUT2D eigenvalue weighted by atomic mass is 9.91. The van der Waals surface area contributed by atoms with Crippen LogP contribution in [0.4, 0.5) is 11.4 Å². The zero-order valence-electron chi connectivity index (χ0n) is 23.0. The van der Waals surface area contributed by atoms with Crippen molar-refractivity contribution in [1.82, 2.24) is 14.5 Å². The van der Waals surface area contributed by atoms with Crippen LogP contribution in [0.3, 0.4) is 0 Å². The van der Waals surface area contributed by atoms with Gasteiger partial charge in [0.2, 0.25) is 0 Å². The Bertz CT molecular complexity index is 1370. The highest BCUT2D eigenvalue weighted by Gasteiger charge is 2.36. The van der Waals surface area contributed by atoms with E-state index in [1.807, 2.05) is 6.07 Å². The molecule has 0 bridgehead atoms. The van der Waals surface area contributed by atoms with Crippen LogP contribution in [-0.4, -0.2) is 85.2 Å². The Hall–Kier alpha value is -2.94. The number of aryl methyl sites for hydroxylation is 1. The third-order valence-corrected chi connectivity index (χ3v) is 9.22. The van der Waals surface area contributed by atoms with Gasteiger partial charge in [0, 0.05) is 94.6 Å². The van der Waals surface area contributed by atoms with Gasteiger partial charge in [-0.25, -0.2) is 4.98 Å². The maximum absolute atomic E-state index is 12.7. The molecule has 0 saturated carbocycles. The van der Waals surface area contributed by atoms with Gasteiger partial charge in [-0.15, -0.1) is 0 Å². The third kappa shape index (κ3) is 4.83. The average molecular weight is 530 g/mol. The van der Waals surface area contributed by atoms with E-state index < -0.39 is 0 Å². The van der Waals surface area contributed by atoms with Gasteiger partial charge in [-0.2, -0.15) is 0 Å². The molecule has 206 valence electrons. The van der Waals surface area contributed by atoms with Gasteiger partial charge in [0.05, 0.1) is 24.0 Å². The molecular weight excluding hydrogens is 490 g/mol. The van der Waals surface area contributed by atoms with E-state index in [0.29, 0.717) is 17.9 Å². The first kappa shape index (κ1) is 25.1. The molecule has 4 fully saturated rings. The number of ether oxygens (including phenoxy) is 2. The Morgan fingerprint density at radius 1 is 1.00 bits per heavy atom. The van der Waals surface area contributed by atoms with E-state index in [1.165, 1.54) is 24.1 Å². The predicted octanol–water partition coefficient (Wildman–Crippen LogP) is 3.24. The molecule has 7 rings (SSSR count). The number of nitrogens with zero attached hydrogens (tertiary/aromatic N) is 5. The minimum absolute atomic E-state index is 0.0279. The maximum atomic E-state index is 12.7. The maximum Gasteiger partial charge on any atom is 0.253 e. The number of pyridine rings is 2. The van der Waals surface area contributed by atoms with Crippen molar-refractivity contribution in [2.45, 2.75) is 44.0 Å². The van der Waals surface area contributed by atoms with E-state index in [2.05, 4.69) is 56.9 Å². The van der Waals surface area contributed by atoms with Crippen LogP contribution in [0.2, 0.25) is 0 Å². The normalized spacial score (nSPS) is 28.1. The zero-order valence-corrected chi connectivity index (χ0v) is 23.0. The van der Waals surface area contributed by atoms with Crippen molar-refractivity contribution in [2.24, 2.45) is 13.0 Å². The molecule has 0 amide bonds. The summed E-state index contributed by atoms with van der Waals surface area (Å²) < 4.78 is 14.0. The van der Waals surface area contributed by atoms with E-state index in [1.54, 1.807) is 23.9 Å². The highest BCUT2D eigenvalue weighted by atomic mass is 16.5. The summed E-state index contributed by atoms with van der Waals surface area (Å²) in [5, 5.41) is 1.01. The smallest absolute Gasteiger partial charge is 0.253 e. The molecule has 8 nitrogen and oxygen atoms in total.